The summed E-state index contributed by atoms with van der Waals surface area (Å²) in [6.45, 7) is 2.60. The zero-order valence-corrected chi connectivity index (χ0v) is 18.9. The number of benzene rings is 2. The summed E-state index contributed by atoms with van der Waals surface area (Å²) in [5, 5.41) is 5.94. The van der Waals surface area contributed by atoms with Gasteiger partial charge in [-0.15, -0.1) is 11.3 Å². The molecule has 7 nitrogen and oxygen atoms in total. The maximum atomic E-state index is 14.3. The first-order chi connectivity index (χ1) is 15.5. The Labute approximate surface area is 189 Å². The molecule has 0 fully saturated rings. The highest BCUT2D eigenvalue weighted by atomic mass is 32.1. The largest absolute Gasteiger partial charge is 0.493 e. The van der Waals surface area contributed by atoms with Crippen LogP contribution in [0, 0.1) is 5.82 Å². The lowest BCUT2D eigenvalue weighted by atomic mass is 10.1. The molecule has 1 heterocycles. The van der Waals surface area contributed by atoms with E-state index in [4.69, 9.17) is 14.2 Å². The van der Waals surface area contributed by atoms with Gasteiger partial charge in [0.25, 0.3) is 11.8 Å². The molecule has 170 valence electrons. The number of halogens is 1. The molecule has 0 saturated carbocycles. The second-order valence-electron chi connectivity index (χ2n) is 6.87. The molecule has 1 aromatic heterocycles. The SMILES string of the molecule is CCNC(=O)COc1ccc(CNC(=O)c2sc3cccc(F)c3c2COC)cc1OC. The van der Waals surface area contributed by atoms with E-state index in [1.807, 2.05) is 6.92 Å². The van der Waals surface area contributed by atoms with E-state index in [1.54, 1.807) is 30.3 Å². The number of carbonyl (C=O) groups is 2. The van der Waals surface area contributed by atoms with E-state index < -0.39 is 0 Å². The lowest BCUT2D eigenvalue weighted by molar-refractivity contribution is -0.123. The first-order valence-corrected chi connectivity index (χ1v) is 10.8. The van der Waals surface area contributed by atoms with Crippen LogP contribution in [0.25, 0.3) is 10.1 Å². The predicted octanol–water partition coefficient (Wildman–Crippen LogP) is 3.64. The molecule has 0 saturated heterocycles. The van der Waals surface area contributed by atoms with Crippen LogP contribution < -0.4 is 20.1 Å². The average molecular weight is 461 g/mol. The summed E-state index contributed by atoms with van der Waals surface area (Å²) in [4.78, 5) is 24.9. The molecular weight excluding hydrogens is 435 g/mol. The molecule has 9 heteroatoms. The highest BCUT2D eigenvalue weighted by molar-refractivity contribution is 7.21. The molecule has 0 atom stereocenters. The van der Waals surface area contributed by atoms with Gasteiger partial charge in [-0.3, -0.25) is 9.59 Å². The number of amides is 2. The number of ether oxygens (including phenoxy) is 3. The number of nitrogens with one attached hydrogen (secondary N) is 2. The van der Waals surface area contributed by atoms with Gasteiger partial charge in [0.1, 0.15) is 5.82 Å². The van der Waals surface area contributed by atoms with Gasteiger partial charge < -0.3 is 24.8 Å². The Kier molecular flexibility index (Phi) is 8.02. The number of methoxy groups -OCH3 is 2. The van der Waals surface area contributed by atoms with E-state index in [1.165, 1.54) is 31.6 Å². The van der Waals surface area contributed by atoms with Gasteiger partial charge in [-0.1, -0.05) is 12.1 Å². The Bertz CT molecular complexity index is 1120. The first-order valence-electron chi connectivity index (χ1n) is 10.0. The number of rotatable bonds is 10. The van der Waals surface area contributed by atoms with Gasteiger partial charge in [0, 0.05) is 35.8 Å². The van der Waals surface area contributed by atoms with Crippen molar-refractivity contribution in [3.05, 3.63) is 58.2 Å². The summed E-state index contributed by atoms with van der Waals surface area (Å²) in [6.07, 6.45) is 0. The van der Waals surface area contributed by atoms with Crippen LogP contribution in [0.3, 0.4) is 0 Å². The van der Waals surface area contributed by atoms with Gasteiger partial charge in [0.2, 0.25) is 0 Å². The van der Waals surface area contributed by atoms with Crippen molar-refractivity contribution in [2.24, 2.45) is 0 Å². The molecule has 0 aliphatic carbocycles. The maximum Gasteiger partial charge on any atom is 0.262 e. The van der Waals surface area contributed by atoms with Crippen LogP contribution in [0.2, 0.25) is 0 Å². The molecule has 0 bridgehead atoms. The van der Waals surface area contributed by atoms with E-state index in [0.29, 0.717) is 38.6 Å². The smallest absolute Gasteiger partial charge is 0.262 e. The number of carbonyl (C=O) groups excluding carboxylic acids is 2. The first kappa shape index (κ1) is 23.5. The van der Waals surface area contributed by atoms with Crippen molar-refractivity contribution in [2.45, 2.75) is 20.1 Å². The molecule has 0 unspecified atom stereocenters. The minimum atomic E-state index is -0.377. The van der Waals surface area contributed by atoms with Gasteiger partial charge in [-0.2, -0.15) is 0 Å². The number of hydrogen-bond donors (Lipinski definition) is 2. The fraction of sp³-hybridized carbons (Fsp3) is 0.304. The summed E-state index contributed by atoms with van der Waals surface area (Å²) in [5.41, 5.74) is 1.32. The fourth-order valence-corrected chi connectivity index (χ4v) is 4.37. The standard InChI is InChI=1S/C23H25FN2O5S/c1-4-25-20(27)13-31-17-9-8-14(10-18(17)30-3)11-26-23(28)22-15(12-29-2)21-16(24)6-5-7-19(21)32-22/h5-10H,4,11-13H2,1-3H3,(H,25,27)(H,26,28). The molecule has 2 N–H and O–H groups in total. The van der Waals surface area contributed by atoms with Crippen LogP contribution in [0.15, 0.2) is 36.4 Å². The predicted molar refractivity (Wildman–Crippen MR) is 121 cm³/mol. The lowest BCUT2D eigenvalue weighted by Gasteiger charge is -2.12. The van der Waals surface area contributed by atoms with Crippen LogP contribution in [0.1, 0.15) is 27.7 Å². The van der Waals surface area contributed by atoms with Crippen molar-refractivity contribution in [1.82, 2.24) is 10.6 Å². The molecule has 2 amide bonds. The van der Waals surface area contributed by atoms with E-state index in [0.717, 1.165) is 5.56 Å². The minimum Gasteiger partial charge on any atom is -0.493 e. The normalized spacial score (nSPS) is 10.8. The van der Waals surface area contributed by atoms with Gasteiger partial charge in [-0.05, 0) is 36.8 Å². The quantitative estimate of drug-likeness (QED) is 0.483. The molecule has 3 rings (SSSR count). The third kappa shape index (κ3) is 5.35. The molecule has 3 aromatic rings. The highest BCUT2D eigenvalue weighted by Crippen LogP contribution is 2.34. The molecule has 2 aromatic carbocycles. The van der Waals surface area contributed by atoms with Crippen molar-refractivity contribution in [3.63, 3.8) is 0 Å². The third-order valence-corrected chi connectivity index (χ3v) is 5.87. The minimum absolute atomic E-state index is 0.120. The van der Waals surface area contributed by atoms with Gasteiger partial charge in [0.05, 0.1) is 18.6 Å². The second kappa shape index (κ2) is 10.9. The highest BCUT2D eigenvalue weighted by Gasteiger charge is 2.20. The molecule has 0 radical (unpaired) electrons. The summed E-state index contributed by atoms with van der Waals surface area (Å²) >= 11 is 1.23. The summed E-state index contributed by atoms with van der Waals surface area (Å²) in [7, 11) is 3.01. The number of likely N-dealkylation sites (N-methyl/N-ethyl adjacent to an activating group) is 1. The fourth-order valence-electron chi connectivity index (χ4n) is 3.23. The zero-order chi connectivity index (χ0) is 23.1. The van der Waals surface area contributed by atoms with Gasteiger partial charge in [-0.25, -0.2) is 4.39 Å². The Balaban J connectivity index is 1.73. The van der Waals surface area contributed by atoms with E-state index >= 15 is 0 Å². The summed E-state index contributed by atoms with van der Waals surface area (Å²) < 4.78 is 31.1. The average Bonchev–Trinajstić information content (AvgIpc) is 3.16. The molecular formula is C23H25FN2O5S. The van der Waals surface area contributed by atoms with Crippen LogP contribution in [-0.2, 0) is 22.7 Å². The van der Waals surface area contributed by atoms with Gasteiger partial charge in [0.15, 0.2) is 18.1 Å². The number of fused-ring (bicyclic) bond motifs is 1. The number of thiophene rings is 1. The van der Waals surface area contributed by atoms with Gasteiger partial charge >= 0.3 is 0 Å². The lowest BCUT2D eigenvalue weighted by Crippen LogP contribution is -2.28. The summed E-state index contributed by atoms with van der Waals surface area (Å²) in [6, 6.07) is 9.96. The molecule has 0 aliphatic heterocycles. The van der Waals surface area contributed by atoms with E-state index in [9.17, 15) is 14.0 Å². The number of hydrogen-bond acceptors (Lipinski definition) is 6. The molecule has 0 aliphatic rings. The van der Waals surface area contributed by atoms with Crippen LogP contribution >= 0.6 is 11.3 Å². The summed E-state index contributed by atoms with van der Waals surface area (Å²) in [5.74, 6) is -0.0373. The van der Waals surface area contributed by atoms with Crippen LogP contribution in [0.4, 0.5) is 4.39 Å². The monoisotopic (exact) mass is 460 g/mol. The molecule has 0 spiro atoms. The van der Waals surface area contributed by atoms with Crippen molar-refractivity contribution in [2.75, 3.05) is 27.4 Å². The van der Waals surface area contributed by atoms with Crippen molar-refractivity contribution < 1.29 is 28.2 Å². The third-order valence-electron chi connectivity index (χ3n) is 4.67. The second-order valence-corrected chi connectivity index (χ2v) is 7.92. The Morgan fingerprint density at radius 3 is 2.62 bits per heavy atom. The van der Waals surface area contributed by atoms with E-state index in [2.05, 4.69) is 10.6 Å². The van der Waals surface area contributed by atoms with Crippen molar-refractivity contribution in [1.29, 1.82) is 0 Å². The topological polar surface area (TPSA) is 85.9 Å². The van der Waals surface area contributed by atoms with E-state index in [-0.39, 0.29) is 37.4 Å². The van der Waals surface area contributed by atoms with Crippen molar-refractivity contribution >= 4 is 33.2 Å². The Hall–Kier alpha value is -3.17. The van der Waals surface area contributed by atoms with Crippen molar-refractivity contribution in [3.8, 4) is 11.5 Å². The zero-order valence-electron chi connectivity index (χ0n) is 18.1. The molecule has 32 heavy (non-hydrogen) atoms. The maximum absolute atomic E-state index is 14.3. The Morgan fingerprint density at radius 2 is 1.91 bits per heavy atom. The Morgan fingerprint density at radius 1 is 1.09 bits per heavy atom. The van der Waals surface area contributed by atoms with Crippen LogP contribution in [-0.4, -0.2) is 39.2 Å². The van der Waals surface area contributed by atoms with Crippen LogP contribution in [0.5, 0.6) is 11.5 Å².